The zero-order valence-electron chi connectivity index (χ0n) is 67.4. The number of nitrogens with zero attached hydrogens (tertiary/aromatic N) is 6. The number of hydrogen-bond donors (Lipinski definition) is 0. The number of aromatic nitrogens is 6. The van der Waals surface area contributed by atoms with Crippen LogP contribution in [0.3, 0.4) is 0 Å². The van der Waals surface area contributed by atoms with Crippen LogP contribution in [0.4, 0.5) is 4.39 Å². The van der Waals surface area contributed by atoms with Gasteiger partial charge in [-0.15, -0.1) is 0 Å². The number of halogens is 1. The van der Waals surface area contributed by atoms with E-state index >= 15 is 4.39 Å². The maximum atomic E-state index is 15.0. The van der Waals surface area contributed by atoms with E-state index in [0.717, 1.165) is 186 Å². The van der Waals surface area contributed by atoms with Gasteiger partial charge >= 0.3 is 0 Å². The summed E-state index contributed by atoms with van der Waals surface area (Å²) in [6.45, 7) is 16.9. The Bertz CT molecular complexity index is 7620. The average molecular weight is 1540 g/mol. The summed E-state index contributed by atoms with van der Waals surface area (Å²) >= 11 is 0. The molecule has 0 N–H and O–H groups in total. The van der Waals surface area contributed by atoms with Gasteiger partial charge in [-0.05, 0) is 236 Å². The molecule has 119 heavy (non-hydrogen) atoms. The number of rotatable bonds is 12. The Kier molecular flexibility index (Phi) is 16.5. The van der Waals surface area contributed by atoms with E-state index in [1.807, 2.05) is 48.5 Å². The third kappa shape index (κ3) is 12.3. The fraction of sp³-hybridized carbons (Fsp3) is 0.145. The van der Waals surface area contributed by atoms with Crippen molar-refractivity contribution >= 4 is 87.0 Å². The third-order valence-electron chi connectivity index (χ3n) is 26.2. The molecule has 0 aliphatic heterocycles. The Balaban J connectivity index is 0.613. The third-order valence-corrected chi connectivity index (χ3v) is 26.2. The molecule has 0 saturated heterocycles. The van der Waals surface area contributed by atoms with Crippen LogP contribution in [0, 0.1) is 5.82 Å². The fourth-order valence-corrected chi connectivity index (χ4v) is 19.6. The van der Waals surface area contributed by atoms with Gasteiger partial charge in [0.15, 0.2) is 34.9 Å². The molecule has 0 saturated carbocycles. The molecular formula is C110H83FN6O2. The number of benzene rings is 16. The zero-order valence-corrected chi connectivity index (χ0v) is 67.4. The molecule has 4 aromatic heterocycles. The van der Waals surface area contributed by atoms with E-state index in [1.54, 1.807) is 6.07 Å². The first kappa shape index (κ1) is 71.6. The number of hydrogen-bond acceptors (Lipinski definition) is 8. The van der Waals surface area contributed by atoms with Crippen molar-refractivity contribution in [3.63, 3.8) is 0 Å². The summed E-state index contributed by atoms with van der Waals surface area (Å²) in [5.41, 5.74) is 23.9. The molecule has 20 aromatic rings. The van der Waals surface area contributed by atoms with E-state index in [-0.39, 0.29) is 27.5 Å². The zero-order chi connectivity index (χ0) is 80.2. The minimum Gasteiger partial charge on any atom is -0.456 e. The van der Waals surface area contributed by atoms with Crippen LogP contribution >= 0.6 is 0 Å². The van der Waals surface area contributed by atoms with Crippen molar-refractivity contribution in [3.05, 3.63) is 349 Å². The van der Waals surface area contributed by atoms with Crippen LogP contribution in [0.1, 0.15) is 102 Å². The largest absolute Gasteiger partial charge is 0.456 e. The van der Waals surface area contributed by atoms with Gasteiger partial charge < -0.3 is 8.83 Å². The van der Waals surface area contributed by atoms with Crippen LogP contribution < -0.4 is 0 Å². The molecule has 2 aliphatic carbocycles. The lowest BCUT2D eigenvalue weighted by Gasteiger charge is -2.44. The van der Waals surface area contributed by atoms with Crippen LogP contribution in [0.5, 0.6) is 0 Å². The second kappa shape index (κ2) is 27.4. The number of fused-ring (bicyclic) bond motifs is 12. The Labute approximate surface area is 689 Å². The van der Waals surface area contributed by atoms with E-state index in [1.165, 1.54) is 45.5 Å². The highest BCUT2D eigenvalue weighted by atomic mass is 19.1. The molecule has 8 nitrogen and oxygen atoms in total. The van der Waals surface area contributed by atoms with Crippen LogP contribution in [0.2, 0.25) is 0 Å². The first-order valence-corrected chi connectivity index (χ1v) is 41.5. The summed E-state index contributed by atoms with van der Waals surface area (Å²) in [4.78, 5) is 31.6. The molecule has 16 aromatic carbocycles. The lowest BCUT2D eigenvalue weighted by Crippen LogP contribution is -2.37. The quantitative estimate of drug-likeness (QED) is 0.119. The lowest BCUT2D eigenvalue weighted by atomic mass is 9.60. The van der Waals surface area contributed by atoms with Crippen molar-refractivity contribution in [3.8, 4) is 113 Å². The molecule has 1 unspecified atom stereocenters. The molecule has 0 amide bonds. The summed E-state index contributed by atoms with van der Waals surface area (Å²) in [6.07, 6.45) is 5.18. The van der Waals surface area contributed by atoms with Gasteiger partial charge in [-0.3, -0.25) is 0 Å². The van der Waals surface area contributed by atoms with Crippen molar-refractivity contribution in [2.24, 2.45) is 0 Å². The van der Waals surface area contributed by atoms with Gasteiger partial charge in [0.25, 0.3) is 0 Å². The Morgan fingerprint density at radius 3 is 1.43 bits per heavy atom. The van der Waals surface area contributed by atoms with Crippen LogP contribution in [0.25, 0.3) is 200 Å². The highest BCUT2D eigenvalue weighted by Gasteiger charge is 2.41. The molecule has 0 fully saturated rings. The molecule has 1 atom stereocenters. The molecule has 4 heterocycles. The van der Waals surface area contributed by atoms with Gasteiger partial charge in [-0.2, -0.15) is 0 Å². The summed E-state index contributed by atoms with van der Waals surface area (Å²) in [7, 11) is 0. The second-order valence-corrected chi connectivity index (χ2v) is 35.3. The van der Waals surface area contributed by atoms with Crippen molar-refractivity contribution in [2.45, 2.75) is 102 Å². The summed E-state index contributed by atoms with van der Waals surface area (Å²) in [5.74, 6) is 2.85. The van der Waals surface area contributed by atoms with Crippen LogP contribution in [-0.2, 0) is 28.1 Å². The van der Waals surface area contributed by atoms with E-state index in [4.69, 9.17) is 38.7 Å². The second-order valence-electron chi connectivity index (χ2n) is 35.3. The van der Waals surface area contributed by atoms with Crippen molar-refractivity contribution < 1.29 is 13.2 Å². The summed E-state index contributed by atoms with van der Waals surface area (Å²) in [5, 5.41) is 12.9. The van der Waals surface area contributed by atoms with Crippen molar-refractivity contribution in [1.29, 1.82) is 0 Å². The van der Waals surface area contributed by atoms with Gasteiger partial charge in [-0.1, -0.05) is 291 Å². The van der Waals surface area contributed by atoms with Crippen molar-refractivity contribution in [2.75, 3.05) is 0 Å². The maximum Gasteiger partial charge on any atom is 0.164 e. The maximum absolute atomic E-state index is 15.0. The van der Waals surface area contributed by atoms with Crippen LogP contribution in [0.15, 0.2) is 324 Å². The van der Waals surface area contributed by atoms with Crippen LogP contribution in [-0.4, -0.2) is 29.9 Å². The molecule has 22 rings (SSSR count). The standard InChI is InChI=1S/C110H83FN6O2/c1-107(2)50-51-108(3,4)94-61-70(42-48-92(94)107)76-58-90(99-88-33-18-20-35-97(88)118-98(99)63-76)84-45-47-87(83-31-16-14-29-81(83)84)105-114-101(68-23-9-8-10-24-68)112-104(117-105)74-41-39-67-37-36-65(54-75(67)56-74)64-110(7)53-52-109(5,6)95-62-71(43-49-93(95)110)89-59-77(60-91-85-32-17-19-34-96(85)119-100(89)91)79-44-46-86(82-30-15-13-28-80(79)82)106-115-102(72-26-21-27-78(111)57-72)113-103(116-106)73-40-38-66-22-11-12-25-69(66)55-73/h8-49,54-63H,50-53,64H2,1-7H3. The van der Waals surface area contributed by atoms with Gasteiger partial charge in [0, 0.05) is 60.5 Å². The normalized spacial score (nSPS) is 15.5. The molecule has 572 valence electrons. The fourth-order valence-electron chi connectivity index (χ4n) is 19.6. The highest BCUT2D eigenvalue weighted by Crippen LogP contribution is 2.53. The van der Waals surface area contributed by atoms with Crippen molar-refractivity contribution in [1.82, 2.24) is 29.9 Å². The van der Waals surface area contributed by atoms with Gasteiger partial charge in [0.2, 0.25) is 0 Å². The topological polar surface area (TPSA) is 104 Å². The molecule has 2 aliphatic rings. The van der Waals surface area contributed by atoms with E-state index in [0.29, 0.717) is 40.5 Å². The summed E-state index contributed by atoms with van der Waals surface area (Å²) in [6, 6.07) is 111. The number of para-hydroxylation sites is 2. The first-order valence-electron chi connectivity index (χ1n) is 41.5. The Hall–Kier alpha value is -13.9. The Morgan fingerprint density at radius 1 is 0.261 bits per heavy atom. The minimum atomic E-state index is -0.362. The molecule has 0 radical (unpaired) electrons. The van der Waals surface area contributed by atoms with Gasteiger partial charge in [-0.25, -0.2) is 34.3 Å². The SMILES string of the molecule is CC1(C)CCC(C)(C)c2cc(-c3cc(-c4ccc(-c5nc(-c6ccccc6)nc(-c6ccc7ccc(CC8(C)CCC(C)(C)c9cc(-c%10cc(-c%11ccc(-c%12nc(-c%13cccc(F)c%13)nc(-c%13ccc%14ccccc%14c%13)n%12)c%12ccccc%11%12)cc%11c%10oc%10ccccc%10%11)ccc98)cc7c6)n5)c5ccccc45)c4c(c3)oc3ccccc34)ccc21. The predicted octanol–water partition coefficient (Wildman–Crippen LogP) is 29.2. The van der Waals surface area contributed by atoms with E-state index in [9.17, 15) is 0 Å². The molecule has 0 bridgehead atoms. The number of furan rings is 2. The molecule has 9 heteroatoms. The van der Waals surface area contributed by atoms with Gasteiger partial charge in [0.05, 0.1) is 0 Å². The van der Waals surface area contributed by atoms with Gasteiger partial charge in [0.1, 0.15) is 28.1 Å². The van der Waals surface area contributed by atoms with E-state index in [2.05, 4.69) is 297 Å². The predicted molar refractivity (Wildman–Crippen MR) is 487 cm³/mol. The summed E-state index contributed by atoms with van der Waals surface area (Å²) < 4.78 is 28.8. The first-order chi connectivity index (χ1) is 57.9. The smallest absolute Gasteiger partial charge is 0.164 e. The van der Waals surface area contributed by atoms with E-state index < -0.39 is 0 Å². The lowest BCUT2D eigenvalue weighted by molar-refractivity contribution is 0.310. The highest BCUT2D eigenvalue weighted by molar-refractivity contribution is 6.18. The Morgan fingerprint density at radius 2 is 0.739 bits per heavy atom. The minimum absolute atomic E-state index is 0.0544. The monoisotopic (exact) mass is 1540 g/mol. The molecular weight excluding hydrogens is 1460 g/mol. The molecule has 0 spiro atoms. The average Bonchev–Trinajstić information content (AvgIpc) is 1.68.